The SMILES string of the molecule is COC(=O)c1ccccc1-c1ccc(/C=C2/C(=O)NC(=S)N(c3ccc(C)cc3)C2=O)o1. The van der Waals surface area contributed by atoms with E-state index in [1.807, 2.05) is 19.1 Å². The Morgan fingerprint density at radius 3 is 2.50 bits per heavy atom. The van der Waals surface area contributed by atoms with Crippen molar-refractivity contribution in [3.05, 3.63) is 83.1 Å². The number of hydrogen-bond donors (Lipinski definition) is 1. The van der Waals surface area contributed by atoms with Crippen LogP contribution in [0.1, 0.15) is 21.7 Å². The summed E-state index contributed by atoms with van der Waals surface area (Å²) < 4.78 is 10.6. The molecule has 1 N–H and O–H groups in total. The summed E-state index contributed by atoms with van der Waals surface area (Å²) in [6.07, 6.45) is 1.35. The number of amides is 2. The van der Waals surface area contributed by atoms with Crippen LogP contribution < -0.4 is 10.2 Å². The predicted molar refractivity (Wildman–Crippen MR) is 123 cm³/mol. The van der Waals surface area contributed by atoms with Crippen LogP contribution in [0.15, 0.2) is 70.7 Å². The Bertz CT molecular complexity index is 1270. The third-order valence-corrected chi connectivity index (χ3v) is 5.19. The largest absolute Gasteiger partial charge is 0.465 e. The van der Waals surface area contributed by atoms with Gasteiger partial charge in [-0.3, -0.25) is 19.8 Å². The molecule has 1 aromatic heterocycles. The third kappa shape index (κ3) is 3.95. The van der Waals surface area contributed by atoms with E-state index in [-0.39, 0.29) is 16.4 Å². The van der Waals surface area contributed by atoms with Gasteiger partial charge in [-0.05, 0) is 55.5 Å². The van der Waals surface area contributed by atoms with E-state index in [0.717, 1.165) is 5.56 Å². The van der Waals surface area contributed by atoms with Crippen molar-refractivity contribution in [1.29, 1.82) is 0 Å². The molecule has 0 spiro atoms. The summed E-state index contributed by atoms with van der Waals surface area (Å²) in [5.74, 6) is -1.00. The zero-order valence-corrected chi connectivity index (χ0v) is 18.1. The maximum absolute atomic E-state index is 13.1. The number of methoxy groups -OCH3 is 1. The highest BCUT2D eigenvalue weighted by molar-refractivity contribution is 7.80. The lowest BCUT2D eigenvalue weighted by Gasteiger charge is -2.28. The number of nitrogens with one attached hydrogen (secondary N) is 1. The van der Waals surface area contributed by atoms with Crippen molar-refractivity contribution in [2.75, 3.05) is 12.0 Å². The molecular weight excluding hydrogens is 428 g/mol. The third-order valence-electron chi connectivity index (χ3n) is 4.91. The zero-order valence-electron chi connectivity index (χ0n) is 17.2. The number of thiocarbonyl (C=S) groups is 1. The molecule has 2 aromatic carbocycles. The van der Waals surface area contributed by atoms with Crippen LogP contribution in [0.2, 0.25) is 0 Å². The van der Waals surface area contributed by atoms with Crippen LogP contribution in [0.3, 0.4) is 0 Å². The minimum atomic E-state index is -0.615. The Kier molecular flexibility index (Phi) is 5.70. The lowest BCUT2D eigenvalue weighted by molar-refractivity contribution is -0.122. The molecule has 0 radical (unpaired) electrons. The van der Waals surface area contributed by atoms with E-state index in [4.69, 9.17) is 21.4 Å². The number of ether oxygens (including phenoxy) is 1. The van der Waals surface area contributed by atoms with Crippen LogP contribution in [0, 0.1) is 6.92 Å². The number of nitrogens with zero attached hydrogens (tertiary/aromatic N) is 1. The number of benzene rings is 2. The second kappa shape index (κ2) is 8.60. The molecule has 3 aromatic rings. The van der Waals surface area contributed by atoms with E-state index in [2.05, 4.69) is 5.32 Å². The number of carbonyl (C=O) groups excluding carboxylic acids is 3. The molecule has 160 valence electrons. The minimum absolute atomic E-state index is 0.00754. The Morgan fingerprint density at radius 2 is 1.78 bits per heavy atom. The molecule has 4 rings (SSSR count). The maximum Gasteiger partial charge on any atom is 0.338 e. The van der Waals surface area contributed by atoms with Crippen LogP contribution in [-0.4, -0.2) is 30.0 Å². The molecule has 0 bridgehead atoms. The highest BCUT2D eigenvalue weighted by Gasteiger charge is 2.34. The van der Waals surface area contributed by atoms with Gasteiger partial charge in [0, 0.05) is 5.56 Å². The van der Waals surface area contributed by atoms with E-state index in [0.29, 0.717) is 22.6 Å². The Labute approximate surface area is 189 Å². The van der Waals surface area contributed by atoms with Gasteiger partial charge in [0.05, 0.1) is 18.4 Å². The summed E-state index contributed by atoms with van der Waals surface area (Å²) in [5.41, 5.74) is 2.32. The van der Waals surface area contributed by atoms with Gasteiger partial charge in [-0.25, -0.2) is 4.79 Å². The number of hydrogen-bond acceptors (Lipinski definition) is 6. The van der Waals surface area contributed by atoms with Crippen molar-refractivity contribution in [2.45, 2.75) is 6.92 Å². The maximum atomic E-state index is 13.1. The normalized spacial score (nSPS) is 15.1. The van der Waals surface area contributed by atoms with Gasteiger partial charge in [-0.2, -0.15) is 0 Å². The number of rotatable bonds is 4. The van der Waals surface area contributed by atoms with Crippen molar-refractivity contribution in [3.63, 3.8) is 0 Å². The monoisotopic (exact) mass is 446 g/mol. The predicted octanol–water partition coefficient (Wildman–Crippen LogP) is 3.87. The van der Waals surface area contributed by atoms with Gasteiger partial charge >= 0.3 is 5.97 Å². The van der Waals surface area contributed by atoms with Crippen molar-refractivity contribution in [3.8, 4) is 11.3 Å². The Morgan fingerprint density at radius 1 is 1.06 bits per heavy atom. The van der Waals surface area contributed by atoms with Gasteiger partial charge in [0.15, 0.2) is 5.11 Å². The first-order valence-corrected chi connectivity index (χ1v) is 10.1. The van der Waals surface area contributed by atoms with Crippen LogP contribution >= 0.6 is 12.2 Å². The molecule has 2 heterocycles. The molecule has 1 saturated heterocycles. The van der Waals surface area contributed by atoms with Crippen molar-refractivity contribution < 1.29 is 23.5 Å². The fourth-order valence-electron chi connectivity index (χ4n) is 3.29. The topological polar surface area (TPSA) is 88.9 Å². The molecule has 0 aliphatic carbocycles. The molecule has 1 fully saturated rings. The summed E-state index contributed by atoms with van der Waals surface area (Å²) >= 11 is 5.21. The van der Waals surface area contributed by atoms with Gasteiger partial charge in [-0.15, -0.1) is 0 Å². The molecular formula is C24H18N2O5S. The standard InChI is InChI=1S/C24H18N2O5S/c1-14-7-9-15(10-8-14)26-22(28)19(21(27)25-24(26)32)13-16-11-12-20(31-16)17-5-3-4-6-18(17)23(29)30-2/h3-13H,1-2H3,(H,25,27,32)/b19-13-. The summed E-state index contributed by atoms with van der Waals surface area (Å²) in [5, 5.41) is 2.55. The molecule has 7 nitrogen and oxygen atoms in total. The molecule has 0 saturated carbocycles. The Hall–Kier alpha value is -4.04. The first-order valence-electron chi connectivity index (χ1n) is 9.64. The van der Waals surface area contributed by atoms with E-state index in [1.165, 1.54) is 18.1 Å². The Balaban J connectivity index is 1.69. The minimum Gasteiger partial charge on any atom is -0.465 e. The first-order chi connectivity index (χ1) is 15.4. The quantitative estimate of drug-likeness (QED) is 0.283. The molecule has 2 amide bonds. The van der Waals surface area contributed by atoms with Crippen LogP contribution in [0.4, 0.5) is 5.69 Å². The summed E-state index contributed by atoms with van der Waals surface area (Å²) in [4.78, 5) is 38.9. The van der Waals surface area contributed by atoms with Crippen molar-refractivity contribution in [1.82, 2.24) is 5.32 Å². The number of aryl methyl sites for hydroxylation is 1. The number of anilines is 1. The molecule has 8 heteroatoms. The van der Waals surface area contributed by atoms with E-state index >= 15 is 0 Å². The molecule has 1 aliphatic heterocycles. The van der Waals surface area contributed by atoms with E-state index in [9.17, 15) is 14.4 Å². The van der Waals surface area contributed by atoms with Gasteiger partial charge in [0.2, 0.25) is 0 Å². The van der Waals surface area contributed by atoms with Crippen LogP contribution in [-0.2, 0) is 14.3 Å². The summed E-state index contributed by atoms with van der Waals surface area (Å²) in [6, 6.07) is 17.3. The fraction of sp³-hybridized carbons (Fsp3) is 0.0833. The average molecular weight is 446 g/mol. The number of carbonyl (C=O) groups is 3. The van der Waals surface area contributed by atoms with Crippen LogP contribution in [0.5, 0.6) is 0 Å². The zero-order chi connectivity index (χ0) is 22.8. The molecule has 0 unspecified atom stereocenters. The second-order valence-corrected chi connectivity index (χ2v) is 7.42. The molecule has 32 heavy (non-hydrogen) atoms. The van der Waals surface area contributed by atoms with Gasteiger partial charge in [-0.1, -0.05) is 35.9 Å². The van der Waals surface area contributed by atoms with Gasteiger partial charge < -0.3 is 9.15 Å². The lowest BCUT2D eigenvalue weighted by atomic mass is 10.1. The van der Waals surface area contributed by atoms with Crippen molar-refractivity contribution in [2.24, 2.45) is 0 Å². The molecule has 0 atom stereocenters. The highest BCUT2D eigenvalue weighted by atomic mass is 32.1. The van der Waals surface area contributed by atoms with Crippen LogP contribution in [0.25, 0.3) is 17.4 Å². The summed E-state index contributed by atoms with van der Waals surface area (Å²) in [6.45, 7) is 1.93. The lowest BCUT2D eigenvalue weighted by Crippen LogP contribution is -2.54. The highest BCUT2D eigenvalue weighted by Crippen LogP contribution is 2.28. The second-order valence-electron chi connectivity index (χ2n) is 7.03. The average Bonchev–Trinajstić information content (AvgIpc) is 3.26. The van der Waals surface area contributed by atoms with Gasteiger partial charge in [0.1, 0.15) is 17.1 Å². The smallest absolute Gasteiger partial charge is 0.338 e. The van der Waals surface area contributed by atoms with Gasteiger partial charge in [0.25, 0.3) is 11.8 Å². The fourth-order valence-corrected chi connectivity index (χ4v) is 3.57. The molecule has 1 aliphatic rings. The first kappa shape index (κ1) is 21.2. The number of furan rings is 1. The van der Waals surface area contributed by atoms with Crippen molar-refractivity contribution >= 4 is 46.9 Å². The van der Waals surface area contributed by atoms with E-state index < -0.39 is 17.8 Å². The van der Waals surface area contributed by atoms with E-state index in [1.54, 1.807) is 48.5 Å². The number of esters is 1. The summed E-state index contributed by atoms with van der Waals surface area (Å²) in [7, 11) is 1.30.